The molecular formula is C21H33N3O5. The Balaban J connectivity index is 1.56. The van der Waals surface area contributed by atoms with Crippen LogP contribution in [0, 0.1) is 23.2 Å². The second kappa shape index (κ2) is 9.13. The second-order valence-electron chi connectivity index (χ2n) is 9.14. The first-order valence-corrected chi connectivity index (χ1v) is 10.8. The first-order valence-electron chi connectivity index (χ1n) is 10.8. The summed E-state index contributed by atoms with van der Waals surface area (Å²) in [4.78, 5) is 47.5. The van der Waals surface area contributed by atoms with Crippen LogP contribution < -0.4 is 16.0 Å². The highest BCUT2D eigenvalue weighted by Gasteiger charge is 2.61. The maximum atomic E-state index is 13.2. The first-order chi connectivity index (χ1) is 13.8. The predicted molar refractivity (Wildman–Crippen MR) is 106 cm³/mol. The van der Waals surface area contributed by atoms with Crippen molar-refractivity contribution in [1.29, 1.82) is 0 Å². The van der Waals surface area contributed by atoms with Gasteiger partial charge in [0.2, 0.25) is 17.7 Å². The summed E-state index contributed by atoms with van der Waals surface area (Å²) in [5, 5.41) is 17.2. The minimum absolute atomic E-state index is 0.00689. The fraction of sp³-hybridized carbons (Fsp3) is 0.810. The third-order valence-corrected chi connectivity index (χ3v) is 7.00. The largest absolute Gasteiger partial charge is 0.481 e. The van der Waals surface area contributed by atoms with Crippen molar-refractivity contribution in [2.24, 2.45) is 23.2 Å². The fourth-order valence-corrected chi connectivity index (χ4v) is 5.89. The Kier molecular flexibility index (Phi) is 6.80. The van der Waals surface area contributed by atoms with E-state index in [1.54, 1.807) is 0 Å². The lowest BCUT2D eigenvalue weighted by Gasteiger charge is -2.33. The molecule has 4 saturated carbocycles. The first kappa shape index (κ1) is 21.6. The Morgan fingerprint density at radius 1 is 1.00 bits per heavy atom. The van der Waals surface area contributed by atoms with Gasteiger partial charge in [0.05, 0.1) is 11.8 Å². The summed E-state index contributed by atoms with van der Waals surface area (Å²) in [6, 6.07) is -0.666. The van der Waals surface area contributed by atoms with Crippen LogP contribution in [0.25, 0.3) is 0 Å². The lowest BCUT2D eigenvalue weighted by atomic mass is 9.74. The summed E-state index contributed by atoms with van der Waals surface area (Å²) < 4.78 is 0. The summed E-state index contributed by atoms with van der Waals surface area (Å²) in [5.74, 6) is 0.367. The molecule has 162 valence electrons. The quantitative estimate of drug-likeness (QED) is 0.383. The summed E-state index contributed by atoms with van der Waals surface area (Å²) in [5.41, 5.74) is -0.302. The number of rotatable bonds is 11. The van der Waals surface area contributed by atoms with Gasteiger partial charge in [-0.3, -0.25) is 19.2 Å². The summed E-state index contributed by atoms with van der Waals surface area (Å²) in [7, 11) is 0. The monoisotopic (exact) mass is 407 g/mol. The van der Waals surface area contributed by atoms with Gasteiger partial charge in [0.25, 0.3) is 0 Å². The molecule has 0 aliphatic heterocycles. The molecule has 0 radical (unpaired) electrons. The van der Waals surface area contributed by atoms with Crippen LogP contribution in [0.2, 0.25) is 0 Å². The van der Waals surface area contributed by atoms with Gasteiger partial charge >= 0.3 is 5.97 Å². The second-order valence-corrected chi connectivity index (χ2v) is 9.14. The van der Waals surface area contributed by atoms with Crippen LogP contribution in [0.4, 0.5) is 0 Å². The minimum atomic E-state index is -0.973. The van der Waals surface area contributed by atoms with Crippen molar-refractivity contribution in [3.63, 3.8) is 0 Å². The number of amides is 3. The topological polar surface area (TPSA) is 125 Å². The molecule has 0 aromatic heterocycles. The summed E-state index contributed by atoms with van der Waals surface area (Å²) in [6.45, 7) is 2.04. The maximum absolute atomic E-state index is 13.2. The van der Waals surface area contributed by atoms with Crippen LogP contribution >= 0.6 is 0 Å². The van der Waals surface area contributed by atoms with E-state index in [-0.39, 0.29) is 36.1 Å². The van der Waals surface area contributed by atoms with Gasteiger partial charge in [0.1, 0.15) is 6.04 Å². The van der Waals surface area contributed by atoms with Crippen molar-refractivity contribution in [3.8, 4) is 0 Å². The molecule has 0 aromatic carbocycles. The van der Waals surface area contributed by atoms with Gasteiger partial charge in [0, 0.05) is 20.0 Å². The zero-order chi connectivity index (χ0) is 21.0. The fourth-order valence-electron chi connectivity index (χ4n) is 5.89. The molecule has 0 saturated heterocycles. The molecule has 4 rings (SSSR count). The minimum Gasteiger partial charge on any atom is -0.481 e. The molecule has 0 heterocycles. The number of nitrogens with one attached hydrogen (secondary N) is 3. The summed E-state index contributed by atoms with van der Waals surface area (Å²) in [6.07, 6.45) is 7.11. The summed E-state index contributed by atoms with van der Waals surface area (Å²) >= 11 is 0. The van der Waals surface area contributed by atoms with Crippen LogP contribution in [-0.2, 0) is 19.2 Å². The van der Waals surface area contributed by atoms with Crippen molar-refractivity contribution in [1.82, 2.24) is 16.0 Å². The van der Waals surface area contributed by atoms with Crippen LogP contribution in [0.15, 0.2) is 0 Å². The van der Waals surface area contributed by atoms with Gasteiger partial charge in [0.15, 0.2) is 0 Å². The molecule has 0 aromatic rings. The molecule has 2 unspecified atom stereocenters. The van der Waals surface area contributed by atoms with Crippen molar-refractivity contribution < 1.29 is 24.3 Å². The Hall–Kier alpha value is -2.12. The molecule has 29 heavy (non-hydrogen) atoms. The van der Waals surface area contributed by atoms with Gasteiger partial charge in [-0.1, -0.05) is 0 Å². The molecule has 4 fully saturated rings. The zero-order valence-corrected chi connectivity index (χ0v) is 17.2. The van der Waals surface area contributed by atoms with Crippen molar-refractivity contribution in [2.45, 2.75) is 70.8 Å². The van der Waals surface area contributed by atoms with Gasteiger partial charge < -0.3 is 21.1 Å². The number of hydrogen-bond acceptors (Lipinski definition) is 4. The van der Waals surface area contributed by atoms with Gasteiger partial charge in [-0.05, 0) is 69.1 Å². The molecule has 4 aliphatic carbocycles. The third kappa shape index (κ3) is 5.08. The third-order valence-electron chi connectivity index (χ3n) is 7.00. The van der Waals surface area contributed by atoms with Crippen LogP contribution in [0.3, 0.4) is 0 Å². The number of carboxylic acid groups (broad SMARTS) is 1. The molecular weight excluding hydrogens is 374 g/mol. The van der Waals surface area contributed by atoms with Crippen LogP contribution in [-0.4, -0.2) is 47.9 Å². The van der Waals surface area contributed by atoms with Crippen molar-refractivity contribution in [3.05, 3.63) is 0 Å². The molecule has 0 spiro atoms. The van der Waals surface area contributed by atoms with E-state index in [1.165, 1.54) is 13.3 Å². The van der Waals surface area contributed by atoms with Crippen molar-refractivity contribution >= 4 is 23.7 Å². The van der Waals surface area contributed by atoms with Crippen LogP contribution in [0.5, 0.6) is 0 Å². The molecule has 8 heteroatoms. The van der Waals surface area contributed by atoms with E-state index in [0.717, 1.165) is 25.7 Å². The molecule has 4 aliphatic rings. The smallest absolute Gasteiger partial charge is 0.305 e. The number of aliphatic carboxylic acids is 1. The molecule has 8 nitrogen and oxygen atoms in total. The molecule has 3 atom stereocenters. The van der Waals surface area contributed by atoms with Gasteiger partial charge in [-0.2, -0.15) is 0 Å². The standard InChI is InChI=1S/C21H33N3O5/c1-13(25)22-6-3-2-4-17(19(28)23-7-5-18(26)27)24-20(29)21-11-14-8-15(12-21)10-16(21)9-14/h14-17H,2-12H2,1H3,(H,22,25)(H,23,28)(H,24,29)(H,26,27)/t14?,15?,16?,17-,21?/m0/s1. The molecule has 4 N–H and O–H groups in total. The number of carbonyl (C=O) groups is 4. The van der Waals surface area contributed by atoms with E-state index in [9.17, 15) is 19.2 Å². The highest BCUT2D eigenvalue weighted by molar-refractivity contribution is 5.91. The van der Waals surface area contributed by atoms with E-state index in [4.69, 9.17) is 5.11 Å². The lowest BCUT2D eigenvalue weighted by Crippen LogP contribution is -2.52. The average Bonchev–Trinajstić information content (AvgIpc) is 3.04. The highest BCUT2D eigenvalue weighted by Crippen LogP contribution is 2.65. The Labute approximate surface area is 171 Å². The Bertz CT molecular complexity index is 651. The number of carboxylic acids is 1. The maximum Gasteiger partial charge on any atom is 0.305 e. The Morgan fingerprint density at radius 2 is 1.69 bits per heavy atom. The normalized spacial score (nSPS) is 30.0. The molecule has 3 amide bonds. The lowest BCUT2D eigenvalue weighted by molar-refractivity contribution is -0.138. The van der Waals surface area contributed by atoms with Gasteiger partial charge in [-0.25, -0.2) is 0 Å². The number of hydrogen-bond donors (Lipinski definition) is 4. The van der Waals surface area contributed by atoms with E-state index < -0.39 is 12.0 Å². The highest BCUT2D eigenvalue weighted by atomic mass is 16.4. The van der Waals surface area contributed by atoms with E-state index in [1.807, 2.05) is 0 Å². The Morgan fingerprint density at radius 3 is 2.31 bits per heavy atom. The van der Waals surface area contributed by atoms with E-state index in [0.29, 0.717) is 43.6 Å². The van der Waals surface area contributed by atoms with E-state index in [2.05, 4.69) is 16.0 Å². The number of carbonyl (C=O) groups excluding carboxylic acids is 3. The van der Waals surface area contributed by atoms with Crippen LogP contribution in [0.1, 0.15) is 64.7 Å². The van der Waals surface area contributed by atoms with E-state index >= 15 is 0 Å². The predicted octanol–water partition coefficient (Wildman–Crippen LogP) is 1.19. The number of unbranched alkanes of at least 4 members (excludes halogenated alkanes) is 1. The van der Waals surface area contributed by atoms with Gasteiger partial charge in [-0.15, -0.1) is 0 Å². The average molecular weight is 408 g/mol. The van der Waals surface area contributed by atoms with Crippen molar-refractivity contribution in [2.75, 3.05) is 13.1 Å². The molecule has 4 bridgehead atoms. The zero-order valence-electron chi connectivity index (χ0n) is 17.2. The SMILES string of the molecule is CC(=O)NCCCC[C@H](NC(=O)C12CC3CC(CC1C3)C2)C(=O)NCCC(=O)O.